The average molecular weight is 511 g/mol. The van der Waals surface area contributed by atoms with Crippen molar-refractivity contribution in [2.45, 2.75) is 0 Å². The first-order valence-corrected chi connectivity index (χ1v) is 13.7. The van der Waals surface area contributed by atoms with E-state index in [0.29, 0.717) is 0 Å². The fraction of sp³-hybridized carbons (Fsp3) is 0. The van der Waals surface area contributed by atoms with Crippen molar-refractivity contribution in [2.24, 2.45) is 0 Å². The van der Waals surface area contributed by atoms with Crippen LogP contribution in [0.3, 0.4) is 0 Å². The van der Waals surface area contributed by atoms with Gasteiger partial charge in [0, 0.05) is 70.8 Å². The average Bonchev–Trinajstić information content (AvgIpc) is 3.74. The number of nitrogens with one attached hydrogen (secondary N) is 3. The van der Waals surface area contributed by atoms with Gasteiger partial charge >= 0.3 is 0 Å². The third-order valence-electron chi connectivity index (χ3n) is 8.80. The summed E-state index contributed by atoms with van der Waals surface area (Å²) in [5.41, 5.74) is 10.5. The molecule has 3 N–H and O–H groups in total. The lowest BCUT2D eigenvalue weighted by Gasteiger charge is -2.09. The SMILES string of the molecule is c1ccc2c(c1)[nH]c1c2ccc2[nH]c3ccc(-n4c5ccccc5c5ccc6c7ccccc7[nH]c6c54)cc3c21. The number of aromatic nitrogens is 4. The van der Waals surface area contributed by atoms with E-state index in [2.05, 4.69) is 135 Å². The fourth-order valence-electron chi connectivity index (χ4n) is 7.07. The van der Waals surface area contributed by atoms with Crippen LogP contribution in [0.1, 0.15) is 0 Å². The molecule has 186 valence electrons. The largest absolute Gasteiger partial charge is 0.354 e. The van der Waals surface area contributed by atoms with Gasteiger partial charge in [-0.05, 0) is 42.5 Å². The van der Waals surface area contributed by atoms with Crippen LogP contribution in [0, 0.1) is 0 Å². The topological polar surface area (TPSA) is 52.3 Å². The lowest BCUT2D eigenvalue weighted by atomic mass is 10.1. The third kappa shape index (κ3) is 2.46. The number of H-pyrrole nitrogens is 3. The van der Waals surface area contributed by atoms with Gasteiger partial charge in [-0.1, -0.05) is 72.8 Å². The van der Waals surface area contributed by atoms with Crippen molar-refractivity contribution in [3.8, 4) is 5.69 Å². The van der Waals surface area contributed by atoms with Crippen LogP contribution in [0.2, 0.25) is 0 Å². The summed E-state index contributed by atoms with van der Waals surface area (Å²) in [5, 5.41) is 9.99. The van der Waals surface area contributed by atoms with Crippen molar-refractivity contribution < 1.29 is 0 Å². The summed E-state index contributed by atoms with van der Waals surface area (Å²) in [6.45, 7) is 0. The van der Waals surface area contributed by atoms with Crippen LogP contribution < -0.4 is 0 Å². The van der Waals surface area contributed by atoms with Crippen LogP contribution >= 0.6 is 0 Å². The highest BCUT2D eigenvalue weighted by Crippen LogP contribution is 2.40. The van der Waals surface area contributed by atoms with E-state index in [4.69, 9.17) is 0 Å². The maximum atomic E-state index is 3.76. The Morgan fingerprint density at radius 2 is 1.00 bits per heavy atom. The highest BCUT2D eigenvalue weighted by molar-refractivity contribution is 6.25. The standard InChI is InChI=1S/C36H22N4/c1-4-10-28-21(7-1)24-16-18-31-33(34(24)38-28)27-19-20(13-17-30(27)37-31)40-32-12-6-3-9-23(32)26-15-14-25-22-8-2-5-11-29(22)39-35(25)36(26)40/h1-19,37-39H. The Balaban J connectivity index is 1.37. The zero-order valence-corrected chi connectivity index (χ0v) is 21.4. The number of para-hydroxylation sites is 3. The van der Waals surface area contributed by atoms with E-state index < -0.39 is 0 Å². The quantitative estimate of drug-likeness (QED) is 0.197. The van der Waals surface area contributed by atoms with E-state index in [1.807, 2.05) is 0 Å². The summed E-state index contributed by atoms with van der Waals surface area (Å²) >= 11 is 0. The number of hydrogen-bond donors (Lipinski definition) is 3. The summed E-state index contributed by atoms with van der Waals surface area (Å²) in [6.07, 6.45) is 0. The lowest BCUT2D eigenvalue weighted by molar-refractivity contribution is 1.19. The maximum Gasteiger partial charge on any atom is 0.0783 e. The van der Waals surface area contributed by atoms with Crippen LogP contribution in [0.15, 0.2) is 115 Å². The molecule has 0 radical (unpaired) electrons. The number of fused-ring (bicyclic) bond motifs is 14. The maximum absolute atomic E-state index is 3.76. The van der Waals surface area contributed by atoms with Gasteiger partial charge in [-0.15, -0.1) is 0 Å². The zero-order chi connectivity index (χ0) is 25.9. The summed E-state index contributed by atoms with van der Waals surface area (Å²) in [6, 6.07) is 41.7. The molecule has 0 atom stereocenters. The second-order valence-electron chi connectivity index (χ2n) is 10.8. The molecule has 0 spiro atoms. The first-order chi connectivity index (χ1) is 19.8. The Labute approximate surface area is 227 Å². The minimum Gasteiger partial charge on any atom is -0.354 e. The molecule has 0 aliphatic carbocycles. The number of benzene rings is 6. The predicted octanol–water partition coefficient (Wildman–Crippen LogP) is 9.69. The van der Waals surface area contributed by atoms with E-state index in [1.54, 1.807) is 0 Å². The normalized spacial score (nSPS) is 12.5. The smallest absolute Gasteiger partial charge is 0.0783 e. The first kappa shape index (κ1) is 20.5. The molecule has 4 aromatic heterocycles. The van der Waals surface area contributed by atoms with Crippen molar-refractivity contribution >= 4 is 87.2 Å². The van der Waals surface area contributed by atoms with Crippen LogP contribution in [0.4, 0.5) is 0 Å². The Hall–Kier alpha value is -5.48. The molecular formula is C36H22N4. The molecule has 0 aliphatic rings. The van der Waals surface area contributed by atoms with Gasteiger partial charge < -0.3 is 19.5 Å². The Morgan fingerprint density at radius 3 is 1.82 bits per heavy atom. The molecule has 4 nitrogen and oxygen atoms in total. The molecule has 4 heteroatoms. The molecule has 0 amide bonds. The summed E-state index contributed by atoms with van der Waals surface area (Å²) in [5.74, 6) is 0. The van der Waals surface area contributed by atoms with E-state index in [-0.39, 0.29) is 0 Å². The van der Waals surface area contributed by atoms with Gasteiger partial charge in [-0.2, -0.15) is 0 Å². The molecule has 0 fully saturated rings. The summed E-state index contributed by atoms with van der Waals surface area (Å²) in [7, 11) is 0. The molecule has 10 aromatic rings. The first-order valence-electron chi connectivity index (χ1n) is 13.7. The van der Waals surface area contributed by atoms with Crippen molar-refractivity contribution in [3.05, 3.63) is 115 Å². The van der Waals surface area contributed by atoms with Gasteiger partial charge in [0.2, 0.25) is 0 Å². The van der Waals surface area contributed by atoms with Gasteiger partial charge in [0.15, 0.2) is 0 Å². The van der Waals surface area contributed by atoms with Crippen molar-refractivity contribution in [2.75, 3.05) is 0 Å². The molecule has 0 unspecified atom stereocenters. The van der Waals surface area contributed by atoms with Crippen molar-refractivity contribution in [1.82, 2.24) is 19.5 Å². The molecular weight excluding hydrogens is 488 g/mol. The molecule has 6 aromatic carbocycles. The van der Waals surface area contributed by atoms with Crippen LogP contribution in [-0.2, 0) is 0 Å². The van der Waals surface area contributed by atoms with Crippen LogP contribution in [0.5, 0.6) is 0 Å². The van der Waals surface area contributed by atoms with Gasteiger partial charge in [-0.25, -0.2) is 0 Å². The van der Waals surface area contributed by atoms with Gasteiger partial charge in [0.05, 0.1) is 22.1 Å². The van der Waals surface area contributed by atoms with Crippen molar-refractivity contribution in [1.29, 1.82) is 0 Å². The third-order valence-corrected chi connectivity index (χ3v) is 8.80. The summed E-state index contributed by atoms with van der Waals surface area (Å²) < 4.78 is 2.44. The van der Waals surface area contributed by atoms with Gasteiger partial charge in [-0.3, -0.25) is 0 Å². The predicted molar refractivity (Wildman–Crippen MR) is 169 cm³/mol. The molecule has 0 aliphatic heterocycles. The molecule has 4 heterocycles. The van der Waals surface area contributed by atoms with E-state index in [1.165, 1.54) is 70.7 Å². The van der Waals surface area contributed by atoms with Crippen LogP contribution in [0.25, 0.3) is 92.9 Å². The fourth-order valence-corrected chi connectivity index (χ4v) is 7.07. The molecule has 0 saturated heterocycles. The van der Waals surface area contributed by atoms with Gasteiger partial charge in [0.25, 0.3) is 0 Å². The zero-order valence-electron chi connectivity index (χ0n) is 21.4. The van der Waals surface area contributed by atoms with Gasteiger partial charge in [0.1, 0.15) is 0 Å². The Kier molecular flexibility index (Phi) is 3.65. The number of nitrogens with zero attached hydrogens (tertiary/aromatic N) is 1. The minimum absolute atomic E-state index is 1.14. The van der Waals surface area contributed by atoms with Crippen LogP contribution in [-0.4, -0.2) is 19.5 Å². The number of hydrogen-bond acceptors (Lipinski definition) is 0. The number of aromatic amines is 3. The van der Waals surface area contributed by atoms with E-state index >= 15 is 0 Å². The second kappa shape index (κ2) is 7.13. The van der Waals surface area contributed by atoms with E-state index in [0.717, 1.165) is 22.2 Å². The minimum atomic E-state index is 1.14. The van der Waals surface area contributed by atoms with E-state index in [9.17, 15) is 0 Å². The molecule has 40 heavy (non-hydrogen) atoms. The summed E-state index contributed by atoms with van der Waals surface area (Å²) in [4.78, 5) is 11.2. The highest BCUT2D eigenvalue weighted by atomic mass is 15.0. The lowest BCUT2D eigenvalue weighted by Crippen LogP contribution is -1.94. The monoisotopic (exact) mass is 510 g/mol. The Bertz CT molecular complexity index is 2660. The number of rotatable bonds is 1. The van der Waals surface area contributed by atoms with Crippen molar-refractivity contribution in [3.63, 3.8) is 0 Å². The second-order valence-corrected chi connectivity index (χ2v) is 10.8. The molecule has 10 rings (SSSR count). The highest BCUT2D eigenvalue weighted by Gasteiger charge is 2.19. The molecule has 0 bridgehead atoms. The Morgan fingerprint density at radius 1 is 0.400 bits per heavy atom. The molecule has 0 saturated carbocycles.